The summed E-state index contributed by atoms with van der Waals surface area (Å²) in [6.07, 6.45) is 6.35. The van der Waals surface area contributed by atoms with Crippen molar-refractivity contribution in [2.45, 2.75) is 64.2 Å². The van der Waals surface area contributed by atoms with E-state index in [1.165, 1.54) is 32.1 Å². The number of rotatable bonds is 9. The van der Waals surface area contributed by atoms with Crippen LogP contribution in [0.5, 0.6) is 0 Å². The quantitative estimate of drug-likeness (QED) is 0.674. The molecule has 0 aromatic rings. The molecule has 4 heteroatoms. The standard InChI is InChI=1S/C15H31NO3/c1-12(10-18-3)19-11-15(17)9-16-13(2)14-7-5-4-6-8-14/h12-17H,4-11H2,1-3H3/t12?,13-,15?/m1/s1. The monoisotopic (exact) mass is 273 g/mol. The molecule has 2 unspecified atom stereocenters. The number of nitrogens with one attached hydrogen (secondary N) is 1. The van der Waals surface area contributed by atoms with Gasteiger partial charge < -0.3 is 19.9 Å². The van der Waals surface area contributed by atoms with Crippen LogP contribution < -0.4 is 5.32 Å². The number of methoxy groups -OCH3 is 1. The molecule has 3 atom stereocenters. The van der Waals surface area contributed by atoms with Crippen LogP contribution in [-0.4, -0.2) is 50.2 Å². The molecule has 114 valence electrons. The van der Waals surface area contributed by atoms with Crippen molar-refractivity contribution in [3.05, 3.63) is 0 Å². The second-order valence-corrected chi connectivity index (χ2v) is 5.85. The maximum Gasteiger partial charge on any atom is 0.0897 e. The van der Waals surface area contributed by atoms with E-state index in [4.69, 9.17) is 9.47 Å². The molecular weight excluding hydrogens is 242 g/mol. The zero-order valence-corrected chi connectivity index (χ0v) is 12.7. The van der Waals surface area contributed by atoms with E-state index in [1.54, 1.807) is 7.11 Å². The van der Waals surface area contributed by atoms with Gasteiger partial charge in [0.25, 0.3) is 0 Å². The molecule has 0 amide bonds. The topological polar surface area (TPSA) is 50.7 Å². The van der Waals surface area contributed by atoms with Crippen LogP contribution in [0.15, 0.2) is 0 Å². The van der Waals surface area contributed by atoms with Gasteiger partial charge >= 0.3 is 0 Å². The van der Waals surface area contributed by atoms with E-state index in [-0.39, 0.29) is 6.10 Å². The Morgan fingerprint density at radius 1 is 1.16 bits per heavy atom. The fourth-order valence-corrected chi connectivity index (χ4v) is 2.74. The van der Waals surface area contributed by atoms with Gasteiger partial charge in [0.05, 0.1) is 25.4 Å². The number of hydrogen-bond donors (Lipinski definition) is 2. The van der Waals surface area contributed by atoms with Crippen molar-refractivity contribution in [1.82, 2.24) is 5.32 Å². The van der Waals surface area contributed by atoms with Crippen molar-refractivity contribution in [1.29, 1.82) is 0 Å². The maximum atomic E-state index is 9.89. The predicted octanol–water partition coefficient (Wildman–Crippen LogP) is 1.96. The molecule has 0 aromatic carbocycles. The number of hydrogen-bond acceptors (Lipinski definition) is 4. The molecular formula is C15H31NO3. The van der Waals surface area contributed by atoms with Gasteiger partial charge in [0.1, 0.15) is 0 Å². The van der Waals surface area contributed by atoms with E-state index in [0.29, 0.717) is 25.8 Å². The fourth-order valence-electron chi connectivity index (χ4n) is 2.74. The van der Waals surface area contributed by atoms with Crippen molar-refractivity contribution in [2.75, 3.05) is 26.9 Å². The Kier molecular flexibility index (Phi) is 8.62. The highest BCUT2D eigenvalue weighted by molar-refractivity contribution is 4.76. The van der Waals surface area contributed by atoms with Crippen LogP contribution in [0.3, 0.4) is 0 Å². The minimum Gasteiger partial charge on any atom is -0.389 e. The molecule has 1 saturated carbocycles. The Morgan fingerprint density at radius 2 is 1.84 bits per heavy atom. The molecule has 19 heavy (non-hydrogen) atoms. The van der Waals surface area contributed by atoms with Crippen molar-refractivity contribution in [3.63, 3.8) is 0 Å². The molecule has 0 bridgehead atoms. The van der Waals surface area contributed by atoms with Gasteiger partial charge in [0, 0.05) is 19.7 Å². The summed E-state index contributed by atoms with van der Waals surface area (Å²) < 4.78 is 10.5. The van der Waals surface area contributed by atoms with Crippen molar-refractivity contribution >= 4 is 0 Å². The van der Waals surface area contributed by atoms with Crippen LogP contribution in [0.2, 0.25) is 0 Å². The van der Waals surface area contributed by atoms with E-state index in [0.717, 1.165) is 5.92 Å². The average Bonchev–Trinajstić information content (AvgIpc) is 2.44. The average molecular weight is 273 g/mol. The molecule has 1 aliphatic rings. The Labute approximate surface area is 117 Å². The zero-order valence-electron chi connectivity index (χ0n) is 12.7. The first-order chi connectivity index (χ1) is 9.13. The lowest BCUT2D eigenvalue weighted by atomic mass is 9.84. The van der Waals surface area contributed by atoms with E-state index in [9.17, 15) is 5.11 Å². The van der Waals surface area contributed by atoms with Gasteiger partial charge in [-0.25, -0.2) is 0 Å². The molecule has 2 N–H and O–H groups in total. The van der Waals surface area contributed by atoms with E-state index in [2.05, 4.69) is 12.2 Å². The third-order valence-corrected chi connectivity index (χ3v) is 4.01. The predicted molar refractivity (Wildman–Crippen MR) is 77.3 cm³/mol. The smallest absolute Gasteiger partial charge is 0.0897 e. The second kappa shape index (κ2) is 9.70. The molecule has 1 aliphatic carbocycles. The molecule has 0 aliphatic heterocycles. The second-order valence-electron chi connectivity index (χ2n) is 5.85. The van der Waals surface area contributed by atoms with Crippen LogP contribution in [0.1, 0.15) is 46.0 Å². The first-order valence-electron chi connectivity index (χ1n) is 7.65. The maximum absolute atomic E-state index is 9.89. The van der Waals surface area contributed by atoms with Crippen molar-refractivity contribution < 1.29 is 14.6 Å². The van der Waals surface area contributed by atoms with Gasteiger partial charge in [-0.2, -0.15) is 0 Å². The SMILES string of the molecule is COCC(C)OCC(O)CN[C@H](C)C1CCCCC1. The minimum atomic E-state index is -0.439. The van der Waals surface area contributed by atoms with E-state index in [1.807, 2.05) is 6.92 Å². The molecule has 1 rings (SSSR count). The summed E-state index contributed by atoms with van der Waals surface area (Å²) in [5.41, 5.74) is 0. The van der Waals surface area contributed by atoms with Gasteiger partial charge in [-0.3, -0.25) is 0 Å². The van der Waals surface area contributed by atoms with Gasteiger partial charge in [0.2, 0.25) is 0 Å². The molecule has 4 nitrogen and oxygen atoms in total. The summed E-state index contributed by atoms with van der Waals surface area (Å²) in [7, 11) is 1.66. The van der Waals surface area contributed by atoms with Crippen LogP contribution in [0.4, 0.5) is 0 Å². The highest BCUT2D eigenvalue weighted by atomic mass is 16.5. The summed E-state index contributed by atoms with van der Waals surface area (Å²) in [6.45, 7) is 5.73. The number of aliphatic hydroxyl groups is 1. The molecule has 0 aromatic heterocycles. The normalized spacial score (nSPS) is 22.1. The van der Waals surface area contributed by atoms with Gasteiger partial charge in [0.15, 0.2) is 0 Å². The molecule has 0 radical (unpaired) electrons. The third-order valence-electron chi connectivity index (χ3n) is 4.01. The number of aliphatic hydroxyl groups excluding tert-OH is 1. The Balaban J connectivity index is 2.09. The zero-order chi connectivity index (χ0) is 14.1. The molecule has 0 heterocycles. The van der Waals surface area contributed by atoms with Crippen LogP contribution in [0.25, 0.3) is 0 Å². The largest absolute Gasteiger partial charge is 0.389 e. The highest BCUT2D eigenvalue weighted by Gasteiger charge is 2.20. The first kappa shape index (κ1) is 16.9. The van der Waals surface area contributed by atoms with Crippen LogP contribution in [-0.2, 0) is 9.47 Å². The molecule has 0 spiro atoms. The lowest BCUT2D eigenvalue weighted by Crippen LogP contribution is -2.41. The van der Waals surface area contributed by atoms with E-state index >= 15 is 0 Å². The first-order valence-corrected chi connectivity index (χ1v) is 7.65. The number of ether oxygens (including phenoxy) is 2. The van der Waals surface area contributed by atoms with Crippen molar-refractivity contribution in [3.8, 4) is 0 Å². The van der Waals surface area contributed by atoms with Gasteiger partial charge in [-0.1, -0.05) is 19.3 Å². The lowest BCUT2D eigenvalue weighted by molar-refractivity contribution is -0.0319. The van der Waals surface area contributed by atoms with Gasteiger partial charge in [-0.05, 0) is 32.6 Å². The van der Waals surface area contributed by atoms with Crippen LogP contribution >= 0.6 is 0 Å². The fraction of sp³-hybridized carbons (Fsp3) is 1.00. The third kappa shape index (κ3) is 7.25. The summed E-state index contributed by atoms with van der Waals surface area (Å²) in [5, 5.41) is 13.3. The molecule has 0 saturated heterocycles. The highest BCUT2D eigenvalue weighted by Crippen LogP contribution is 2.26. The summed E-state index contributed by atoms with van der Waals surface area (Å²) >= 11 is 0. The van der Waals surface area contributed by atoms with Gasteiger partial charge in [-0.15, -0.1) is 0 Å². The van der Waals surface area contributed by atoms with E-state index < -0.39 is 6.10 Å². The summed E-state index contributed by atoms with van der Waals surface area (Å²) in [4.78, 5) is 0. The minimum absolute atomic E-state index is 0.0374. The van der Waals surface area contributed by atoms with Crippen LogP contribution in [0, 0.1) is 5.92 Å². The Hall–Kier alpha value is -0.160. The Morgan fingerprint density at radius 3 is 2.47 bits per heavy atom. The summed E-state index contributed by atoms with van der Waals surface area (Å²) in [5.74, 6) is 0.772. The Bertz CT molecular complexity index is 219. The summed E-state index contributed by atoms with van der Waals surface area (Å²) in [6, 6.07) is 0.492. The molecule has 1 fully saturated rings. The lowest BCUT2D eigenvalue weighted by Gasteiger charge is -2.29. The van der Waals surface area contributed by atoms with Crippen molar-refractivity contribution in [2.24, 2.45) is 5.92 Å².